The van der Waals surface area contributed by atoms with Crippen LogP contribution < -0.4 is 15.5 Å². The Balaban J connectivity index is 0.00000261. The number of aliphatic imine (C=N–C) groups is 1. The summed E-state index contributed by atoms with van der Waals surface area (Å²) in [5, 5.41) is 14.7. The summed E-state index contributed by atoms with van der Waals surface area (Å²) in [4.78, 5) is 10.7. The van der Waals surface area contributed by atoms with Crippen LogP contribution >= 0.6 is 24.0 Å². The van der Waals surface area contributed by atoms with Crippen molar-refractivity contribution in [3.63, 3.8) is 0 Å². The standard InChI is InChI=1S/C17H25FN8.HI/c1-3-19-17(21-10-15-24-22-12-25(15)4-2)23-13-7-9-26(11-13)16-14(18)6-5-8-20-16;/h5-6,8,12-13H,3-4,7,9-11H2,1-2H3,(H2,19,21,23);1H. The van der Waals surface area contributed by atoms with E-state index in [1.807, 2.05) is 23.3 Å². The molecule has 0 aliphatic carbocycles. The lowest BCUT2D eigenvalue weighted by Crippen LogP contribution is -2.44. The molecular formula is C17H26FIN8. The lowest BCUT2D eigenvalue weighted by Gasteiger charge is -2.19. The van der Waals surface area contributed by atoms with Crippen LogP contribution in [0.2, 0.25) is 0 Å². The van der Waals surface area contributed by atoms with Gasteiger partial charge in [0.15, 0.2) is 23.4 Å². The lowest BCUT2D eigenvalue weighted by atomic mass is 10.3. The molecule has 8 nitrogen and oxygen atoms in total. The van der Waals surface area contributed by atoms with E-state index in [0.29, 0.717) is 18.9 Å². The molecule has 0 radical (unpaired) electrons. The number of aryl methyl sites for hydroxylation is 1. The van der Waals surface area contributed by atoms with Crippen molar-refractivity contribution in [3.8, 4) is 0 Å². The first kappa shape index (κ1) is 21.3. The van der Waals surface area contributed by atoms with Crippen molar-refractivity contribution in [2.75, 3.05) is 24.5 Å². The van der Waals surface area contributed by atoms with Gasteiger partial charge in [0.25, 0.3) is 0 Å². The Labute approximate surface area is 175 Å². The highest BCUT2D eigenvalue weighted by Gasteiger charge is 2.25. The topological polar surface area (TPSA) is 83.3 Å². The van der Waals surface area contributed by atoms with Gasteiger partial charge in [0.05, 0.1) is 0 Å². The van der Waals surface area contributed by atoms with Crippen LogP contribution in [0.25, 0.3) is 0 Å². The van der Waals surface area contributed by atoms with Crippen molar-refractivity contribution >= 4 is 35.8 Å². The minimum atomic E-state index is -0.285. The number of halogens is 2. The van der Waals surface area contributed by atoms with E-state index in [4.69, 9.17) is 0 Å². The minimum Gasteiger partial charge on any atom is -0.357 e. The van der Waals surface area contributed by atoms with Crippen LogP contribution in [0.3, 0.4) is 0 Å². The summed E-state index contributed by atoms with van der Waals surface area (Å²) < 4.78 is 15.9. The molecule has 0 amide bonds. The number of pyridine rings is 1. The molecule has 148 valence electrons. The quantitative estimate of drug-likeness (QED) is 0.367. The van der Waals surface area contributed by atoms with Gasteiger partial charge in [-0.3, -0.25) is 0 Å². The van der Waals surface area contributed by atoms with E-state index < -0.39 is 0 Å². The molecule has 0 spiro atoms. The van der Waals surface area contributed by atoms with Crippen molar-refractivity contribution < 1.29 is 4.39 Å². The summed E-state index contributed by atoms with van der Waals surface area (Å²) >= 11 is 0. The molecule has 0 bridgehead atoms. The van der Waals surface area contributed by atoms with E-state index in [1.165, 1.54) is 6.07 Å². The molecule has 2 N–H and O–H groups in total. The minimum absolute atomic E-state index is 0. The maximum absolute atomic E-state index is 13.9. The number of rotatable bonds is 6. The molecule has 3 heterocycles. The molecule has 1 fully saturated rings. The summed E-state index contributed by atoms with van der Waals surface area (Å²) in [5.74, 6) is 1.68. The van der Waals surface area contributed by atoms with E-state index in [1.54, 1.807) is 18.6 Å². The molecule has 1 aliphatic rings. The highest BCUT2D eigenvalue weighted by molar-refractivity contribution is 14.0. The van der Waals surface area contributed by atoms with Gasteiger partial charge < -0.3 is 20.1 Å². The third kappa shape index (κ3) is 5.50. The molecule has 27 heavy (non-hydrogen) atoms. The number of anilines is 1. The van der Waals surface area contributed by atoms with Gasteiger partial charge in [0.1, 0.15) is 12.9 Å². The van der Waals surface area contributed by atoms with Gasteiger partial charge in [-0.05, 0) is 32.4 Å². The summed E-state index contributed by atoms with van der Waals surface area (Å²) in [6.45, 7) is 7.54. The van der Waals surface area contributed by atoms with Crippen LogP contribution in [0, 0.1) is 5.82 Å². The predicted octanol–water partition coefficient (Wildman–Crippen LogP) is 1.78. The van der Waals surface area contributed by atoms with Crippen LogP contribution in [0.1, 0.15) is 26.1 Å². The highest BCUT2D eigenvalue weighted by atomic mass is 127. The van der Waals surface area contributed by atoms with Crippen LogP contribution in [0.4, 0.5) is 10.2 Å². The summed E-state index contributed by atoms with van der Waals surface area (Å²) in [6.07, 6.45) is 4.22. The zero-order valence-corrected chi connectivity index (χ0v) is 17.9. The normalized spacial score (nSPS) is 16.9. The largest absolute Gasteiger partial charge is 0.357 e. The van der Waals surface area contributed by atoms with E-state index in [9.17, 15) is 4.39 Å². The fraction of sp³-hybridized carbons (Fsp3) is 0.529. The predicted molar refractivity (Wildman–Crippen MR) is 114 cm³/mol. The van der Waals surface area contributed by atoms with E-state index in [2.05, 4.69) is 30.8 Å². The molecule has 1 aliphatic heterocycles. The van der Waals surface area contributed by atoms with Crippen molar-refractivity contribution in [2.45, 2.75) is 39.4 Å². The third-order valence-corrected chi connectivity index (χ3v) is 4.33. The average Bonchev–Trinajstić information content (AvgIpc) is 3.29. The second-order valence-corrected chi connectivity index (χ2v) is 6.11. The molecule has 2 aromatic rings. The molecule has 10 heteroatoms. The van der Waals surface area contributed by atoms with Crippen molar-refractivity contribution in [3.05, 3.63) is 36.3 Å². The summed E-state index contributed by atoms with van der Waals surface area (Å²) in [7, 11) is 0. The maximum atomic E-state index is 13.9. The fourth-order valence-electron chi connectivity index (χ4n) is 3.01. The summed E-state index contributed by atoms with van der Waals surface area (Å²) in [6, 6.07) is 3.23. The smallest absolute Gasteiger partial charge is 0.191 e. The van der Waals surface area contributed by atoms with Gasteiger partial charge in [0, 0.05) is 38.4 Å². The van der Waals surface area contributed by atoms with Crippen molar-refractivity contribution in [1.82, 2.24) is 30.4 Å². The SMILES string of the molecule is CCNC(=NCc1nncn1CC)NC1CCN(c2ncccc2F)C1.I. The molecule has 1 unspecified atom stereocenters. The van der Waals surface area contributed by atoms with E-state index in [0.717, 1.165) is 37.8 Å². The van der Waals surface area contributed by atoms with Crippen molar-refractivity contribution in [2.24, 2.45) is 4.99 Å². The Kier molecular flexibility index (Phi) is 8.20. The second-order valence-electron chi connectivity index (χ2n) is 6.11. The molecule has 0 saturated carbocycles. The lowest BCUT2D eigenvalue weighted by molar-refractivity contribution is 0.612. The molecule has 0 aromatic carbocycles. The van der Waals surface area contributed by atoms with E-state index in [-0.39, 0.29) is 35.8 Å². The Morgan fingerprint density at radius 1 is 1.41 bits per heavy atom. The van der Waals surface area contributed by atoms with Crippen LogP contribution in [0.5, 0.6) is 0 Å². The number of nitrogens with one attached hydrogen (secondary N) is 2. The first-order valence-electron chi connectivity index (χ1n) is 8.98. The van der Waals surface area contributed by atoms with Gasteiger partial charge in [-0.1, -0.05) is 0 Å². The van der Waals surface area contributed by atoms with E-state index >= 15 is 0 Å². The van der Waals surface area contributed by atoms with Gasteiger partial charge in [-0.2, -0.15) is 0 Å². The highest BCUT2D eigenvalue weighted by Crippen LogP contribution is 2.20. The van der Waals surface area contributed by atoms with Gasteiger partial charge in [-0.15, -0.1) is 34.2 Å². The zero-order valence-electron chi connectivity index (χ0n) is 15.6. The number of guanidine groups is 1. The van der Waals surface area contributed by atoms with Gasteiger partial charge in [0.2, 0.25) is 0 Å². The Morgan fingerprint density at radius 3 is 3.00 bits per heavy atom. The first-order chi connectivity index (χ1) is 12.7. The van der Waals surface area contributed by atoms with Gasteiger partial charge in [-0.25, -0.2) is 14.4 Å². The van der Waals surface area contributed by atoms with Crippen LogP contribution in [-0.2, 0) is 13.1 Å². The van der Waals surface area contributed by atoms with Crippen LogP contribution in [-0.4, -0.2) is 51.4 Å². The molecule has 1 atom stereocenters. The number of hydrogen-bond donors (Lipinski definition) is 2. The third-order valence-electron chi connectivity index (χ3n) is 4.33. The fourth-order valence-corrected chi connectivity index (χ4v) is 3.01. The maximum Gasteiger partial charge on any atom is 0.191 e. The molecule has 3 rings (SSSR count). The monoisotopic (exact) mass is 488 g/mol. The van der Waals surface area contributed by atoms with Crippen molar-refractivity contribution in [1.29, 1.82) is 0 Å². The number of nitrogens with zero attached hydrogens (tertiary/aromatic N) is 6. The van der Waals surface area contributed by atoms with Crippen LogP contribution in [0.15, 0.2) is 29.6 Å². The number of hydrogen-bond acceptors (Lipinski definition) is 5. The average molecular weight is 488 g/mol. The van der Waals surface area contributed by atoms with Gasteiger partial charge >= 0.3 is 0 Å². The molecular weight excluding hydrogens is 462 g/mol. The summed E-state index contributed by atoms with van der Waals surface area (Å²) in [5.41, 5.74) is 0. The molecule has 1 saturated heterocycles. The molecule has 2 aromatic heterocycles. The Morgan fingerprint density at radius 2 is 2.26 bits per heavy atom. The Bertz CT molecular complexity index is 750. The second kappa shape index (κ2) is 10.4. The Hall–Kier alpha value is -1.98. The number of aromatic nitrogens is 4. The zero-order chi connectivity index (χ0) is 18.4. The first-order valence-corrected chi connectivity index (χ1v) is 8.98.